The molecule has 0 amide bonds. The first-order valence-corrected chi connectivity index (χ1v) is 8.08. The predicted molar refractivity (Wildman–Crippen MR) is 87.5 cm³/mol. The van der Waals surface area contributed by atoms with Gasteiger partial charge in [0.2, 0.25) is 0 Å². The second kappa shape index (κ2) is 6.96. The van der Waals surface area contributed by atoms with Crippen LogP contribution in [0.15, 0.2) is 18.2 Å². The molecule has 0 spiro atoms. The fourth-order valence-electron chi connectivity index (χ4n) is 2.44. The van der Waals surface area contributed by atoms with Crippen molar-refractivity contribution in [2.45, 2.75) is 32.2 Å². The van der Waals surface area contributed by atoms with Gasteiger partial charge in [0, 0.05) is 26.9 Å². The van der Waals surface area contributed by atoms with Crippen molar-refractivity contribution in [1.29, 1.82) is 0 Å². The molecule has 0 saturated carbocycles. The first kappa shape index (κ1) is 14.4. The van der Waals surface area contributed by atoms with Crippen LogP contribution in [-0.2, 0) is 0 Å². The summed E-state index contributed by atoms with van der Waals surface area (Å²) in [5, 5.41) is 4.48. The van der Waals surface area contributed by atoms with Gasteiger partial charge in [0.15, 0.2) is 0 Å². The second-order valence-electron chi connectivity index (χ2n) is 4.83. The number of likely N-dealkylation sites (tertiary alicyclic amines) is 1. The van der Waals surface area contributed by atoms with Crippen LogP contribution in [0.4, 0.5) is 5.69 Å². The van der Waals surface area contributed by atoms with Crippen molar-refractivity contribution in [3.8, 4) is 0 Å². The van der Waals surface area contributed by atoms with Gasteiger partial charge in [0.05, 0.1) is 0 Å². The summed E-state index contributed by atoms with van der Waals surface area (Å²) < 4.78 is 1.21. The molecule has 1 N–H and O–H groups in total. The molecule has 2 rings (SSSR count). The van der Waals surface area contributed by atoms with E-state index in [0.29, 0.717) is 6.04 Å². The van der Waals surface area contributed by atoms with Crippen LogP contribution >= 0.6 is 34.2 Å². The van der Waals surface area contributed by atoms with Crippen LogP contribution < -0.4 is 5.32 Å². The Kier molecular flexibility index (Phi) is 5.57. The van der Waals surface area contributed by atoms with Crippen molar-refractivity contribution in [2.75, 3.05) is 25.0 Å². The Bertz CT molecular complexity index is 397. The van der Waals surface area contributed by atoms with E-state index < -0.39 is 0 Å². The van der Waals surface area contributed by atoms with Gasteiger partial charge >= 0.3 is 0 Å². The second-order valence-corrected chi connectivity index (χ2v) is 6.43. The van der Waals surface area contributed by atoms with Crippen LogP contribution in [0.5, 0.6) is 0 Å². The first-order valence-electron chi connectivity index (χ1n) is 6.63. The van der Waals surface area contributed by atoms with Crippen molar-refractivity contribution >= 4 is 39.9 Å². The van der Waals surface area contributed by atoms with Crippen LogP contribution in [0.1, 0.15) is 26.2 Å². The van der Waals surface area contributed by atoms with E-state index in [2.05, 4.69) is 45.8 Å². The average Bonchev–Trinajstić information content (AvgIpc) is 2.58. The normalized spacial score (nSPS) is 21.6. The Hall–Kier alpha value is -0.000000000000000111. The summed E-state index contributed by atoms with van der Waals surface area (Å²) in [6.07, 6.45) is 3.78. The fourth-order valence-corrected chi connectivity index (χ4v) is 3.47. The maximum absolute atomic E-state index is 5.98. The van der Waals surface area contributed by atoms with Gasteiger partial charge in [-0.15, -0.1) is 0 Å². The number of hydrogen-bond acceptors (Lipinski definition) is 2. The molecule has 0 radical (unpaired) electrons. The van der Waals surface area contributed by atoms with Crippen LogP contribution in [0.2, 0.25) is 5.02 Å². The summed E-state index contributed by atoms with van der Waals surface area (Å²) in [5.74, 6) is 0. The third-order valence-corrected chi connectivity index (χ3v) is 4.69. The van der Waals surface area contributed by atoms with Crippen molar-refractivity contribution in [3.63, 3.8) is 0 Å². The van der Waals surface area contributed by atoms with Crippen molar-refractivity contribution in [3.05, 3.63) is 26.8 Å². The maximum atomic E-state index is 5.98. The quantitative estimate of drug-likeness (QED) is 0.792. The van der Waals surface area contributed by atoms with E-state index >= 15 is 0 Å². The van der Waals surface area contributed by atoms with Crippen LogP contribution in [-0.4, -0.2) is 30.6 Å². The Morgan fingerprint density at radius 3 is 2.94 bits per heavy atom. The summed E-state index contributed by atoms with van der Waals surface area (Å²) in [7, 11) is 0. The van der Waals surface area contributed by atoms with Gasteiger partial charge in [0.25, 0.3) is 0 Å². The van der Waals surface area contributed by atoms with Gasteiger partial charge in [-0.1, -0.05) is 18.5 Å². The molecular weight excluding hydrogens is 359 g/mol. The Labute approximate surface area is 128 Å². The Morgan fingerprint density at radius 2 is 2.22 bits per heavy atom. The average molecular weight is 379 g/mol. The predicted octanol–water partition coefficient (Wildman–Crippen LogP) is 4.23. The van der Waals surface area contributed by atoms with E-state index in [1.807, 2.05) is 12.1 Å². The fraction of sp³-hybridized carbons (Fsp3) is 0.571. The van der Waals surface area contributed by atoms with E-state index in [1.165, 1.54) is 48.2 Å². The number of hydrogen-bond donors (Lipinski definition) is 1. The zero-order valence-corrected chi connectivity index (χ0v) is 13.7. The van der Waals surface area contributed by atoms with Gasteiger partial charge < -0.3 is 10.2 Å². The number of anilines is 1. The molecule has 1 heterocycles. The van der Waals surface area contributed by atoms with Gasteiger partial charge in [-0.3, -0.25) is 0 Å². The lowest BCUT2D eigenvalue weighted by Gasteiger charge is -2.20. The number of halogens is 2. The number of nitrogens with one attached hydrogen (secondary N) is 1. The highest BCUT2D eigenvalue weighted by molar-refractivity contribution is 14.1. The molecule has 1 aliphatic rings. The highest BCUT2D eigenvalue weighted by Gasteiger charge is 2.16. The first-order chi connectivity index (χ1) is 8.69. The van der Waals surface area contributed by atoms with Gasteiger partial charge in [0.1, 0.15) is 0 Å². The SMILES string of the molecule is CCN1CCCC(Nc2ccc(Cl)cc2I)CC1. The Morgan fingerprint density at radius 1 is 1.39 bits per heavy atom. The standard InChI is InChI=1S/C14H20ClIN2/c1-2-18-8-3-4-12(7-9-18)17-14-6-5-11(15)10-13(14)16/h5-6,10,12,17H,2-4,7-9H2,1H3. The molecule has 0 aromatic heterocycles. The molecule has 0 aliphatic carbocycles. The molecule has 4 heteroatoms. The zero-order valence-electron chi connectivity index (χ0n) is 10.8. The summed E-state index contributed by atoms with van der Waals surface area (Å²) >= 11 is 8.33. The zero-order chi connectivity index (χ0) is 13.0. The summed E-state index contributed by atoms with van der Waals surface area (Å²) in [4.78, 5) is 2.54. The van der Waals surface area contributed by atoms with Gasteiger partial charge in [-0.2, -0.15) is 0 Å². The summed E-state index contributed by atoms with van der Waals surface area (Å²) in [6.45, 7) is 5.87. The van der Waals surface area contributed by atoms with E-state index in [0.717, 1.165) is 5.02 Å². The van der Waals surface area contributed by atoms with Crippen LogP contribution in [0, 0.1) is 3.57 Å². The molecule has 100 valence electrons. The minimum atomic E-state index is 0.594. The largest absolute Gasteiger partial charge is 0.381 e. The highest BCUT2D eigenvalue weighted by atomic mass is 127. The molecule has 18 heavy (non-hydrogen) atoms. The molecule has 0 bridgehead atoms. The van der Waals surface area contributed by atoms with Crippen molar-refractivity contribution in [2.24, 2.45) is 0 Å². The van der Waals surface area contributed by atoms with Crippen molar-refractivity contribution in [1.82, 2.24) is 4.90 Å². The monoisotopic (exact) mass is 378 g/mol. The van der Waals surface area contributed by atoms with E-state index in [-0.39, 0.29) is 0 Å². The highest BCUT2D eigenvalue weighted by Crippen LogP contribution is 2.24. The number of rotatable bonds is 3. The number of benzene rings is 1. The molecule has 1 unspecified atom stereocenters. The van der Waals surface area contributed by atoms with Gasteiger partial charge in [-0.25, -0.2) is 0 Å². The van der Waals surface area contributed by atoms with E-state index in [4.69, 9.17) is 11.6 Å². The number of nitrogens with zero attached hydrogens (tertiary/aromatic N) is 1. The Balaban J connectivity index is 1.96. The molecule has 1 aromatic rings. The molecule has 1 fully saturated rings. The summed E-state index contributed by atoms with van der Waals surface area (Å²) in [5.41, 5.74) is 1.22. The van der Waals surface area contributed by atoms with Crippen molar-refractivity contribution < 1.29 is 0 Å². The smallest absolute Gasteiger partial charge is 0.0479 e. The molecule has 2 nitrogen and oxygen atoms in total. The lowest BCUT2D eigenvalue weighted by atomic mass is 10.1. The molecule has 1 aromatic carbocycles. The van der Waals surface area contributed by atoms with E-state index in [9.17, 15) is 0 Å². The van der Waals surface area contributed by atoms with Gasteiger partial charge in [-0.05, 0) is 73.1 Å². The lowest BCUT2D eigenvalue weighted by molar-refractivity contribution is 0.300. The van der Waals surface area contributed by atoms with Crippen LogP contribution in [0.25, 0.3) is 0 Å². The topological polar surface area (TPSA) is 15.3 Å². The molecule has 1 atom stereocenters. The minimum absolute atomic E-state index is 0.594. The maximum Gasteiger partial charge on any atom is 0.0479 e. The third-order valence-electron chi connectivity index (χ3n) is 3.56. The third kappa shape index (κ3) is 4.00. The van der Waals surface area contributed by atoms with E-state index in [1.54, 1.807) is 0 Å². The molecule has 1 aliphatic heterocycles. The van der Waals surface area contributed by atoms with Crippen LogP contribution in [0.3, 0.4) is 0 Å². The summed E-state index contributed by atoms with van der Waals surface area (Å²) in [6, 6.07) is 6.66. The lowest BCUT2D eigenvalue weighted by Crippen LogP contribution is -2.26. The molecular formula is C14H20ClIN2. The molecule has 1 saturated heterocycles. The minimum Gasteiger partial charge on any atom is -0.381 e.